The van der Waals surface area contributed by atoms with Crippen molar-refractivity contribution in [1.29, 1.82) is 0 Å². The molecule has 2 aromatic rings. The second-order valence-electron chi connectivity index (χ2n) is 4.06. The number of rotatable bonds is 2. The Morgan fingerprint density at radius 3 is 2.53 bits per heavy atom. The van der Waals surface area contributed by atoms with Gasteiger partial charge in [0.1, 0.15) is 5.82 Å². The van der Waals surface area contributed by atoms with Gasteiger partial charge in [-0.3, -0.25) is 4.79 Å². The number of aromatic nitrogens is 1. The Morgan fingerprint density at radius 1 is 1.37 bits per heavy atom. The van der Waals surface area contributed by atoms with Gasteiger partial charge >= 0.3 is 6.18 Å². The summed E-state index contributed by atoms with van der Waals surface area (Å²) in [5.41, 5.74) is -0.982. The van der Waals surface area contributed by atoms with Crippen molar-refractivity contribution in [1.82, 2.24) is 4.57 Å². The first-order chi connectivity index (χ1) is 8.75. The molecule has 0 N–H and O–H groups in total. The van der Waals surface area contributed by atoms with Crippen LogP contribution in [-0.2, 0) is 13.2 Å². The van der Waals surface area contributed by atoms with E-state index in [1.54, 1.807) is 7.05 Å². The Morgan fingerprint density at radius 2 is 2.00 bits per heavy atom. The maximum atomic E-state index is 13.5. The zero-order valence-corrected chi connectivity index (χ0v) is 11.3. The van der Waals surface area contributed by atoms with Gasteiger partial charge in [-0.25, -0.2) is 4.39 Å². The first-order valence-corrected chi connectivity index (χ1v) is 6.32. The number of halogens is 5. The van der Waals surface area contributed by atoms with E-state index in [1.807, 2.05) is 0 Å². The van der Waals surface area contributed by atoms with Crippen LogP contribution in [0.3, 0.4) is 0 Å². The summed E-state index contributed by atoms with van der Waals surface area (Å²) in [7, 11) is 1.54. The van der Waals surface area contributed by atoms with Gasteiger partial charge in [0.25, 0.3) is 0 Å². The first kappa shape index (κ1) is 14.0. The van der Waals surface area contributed by atoms with Crippen LogP contribution in [0, 0.1) is 5.82 Å². The third-order valence-corrected chi connectivity index (χ3v) is 3.31. The summed E-state index contributed by atoms with van der Waals surface area (Å²) >= 11 is 2.96. The van der Waals surface area contributed by atoms with E-state index in [0.717, 1.165) is 6.07 Å². The normalized spacial score (nSPS) is 12.1. The third-order valence-electron chi connectivity index (χ3n) is 2.81. The summed E-state index contributed by atoms with van der Waals surface area (Å²) in [6, 6.07) is 1.48. The molecule has 0 amide bonds. The predicted octanol–water partition coefficient (Wildman–Crippen LogP) is 3.91. The second-order valence-corrected chi connectivity index (χ2v) is 4.62. The Hall–Kier alpha value is -1.37. The minimum atomic E-state index is -4.79. The molecule has 0 saturated heterocycles. The fraction of sp³-hybridized carbons (Fsp3) is 0.250. The highest BCUT2D eigenvalue weighted by Crippen LogP contribution is 2.35. The van der Waals surface area contributed by atoms with Crippen molar-refractivity contribution >= 4 is 32.6 Å². The molecule has 2 rings (SSSR count). The Labute approximate surface area is 114 Å². The molecule has 0 unspecified atom stereocenters. The van der Waals surface area contributed by atoms with Crippen LogP contribution in [0.2, 0.25) is 0 Å². The minimum absolute atomic E-state index is 0.00909. The highest BCUT2D eigenvalue weighted by atomic mass is 79.9. The zero-order valence-electron chi connectivity index (χ0n) is 9.68. The van der Waals surface area contributed by atoms with Gasteiger partial charge in [0.15, 0.2) is 5.78 Å². The molecular formula is C12H8BrF4NO. The molecule has 0 aliphatic rings. The first-order valence-electron chi connectivity index (χ1n) is 5.20. The van der Waals surface area contributed by atoms with Gasteiger partial charge in [-0.1, -0.05) is 15.9 Å². The van der Waals surface area contributed by atoms with Crippen LogP contribution < -0.4 is 0 Å². The van der Waals surface area contributed by atoms with E-state index in [-0.39, 0.29) is 27.6 Å². The lowest BCUT2D eigenvalue weighted by Crippen LogP contribution is -2.08. The summed E-state index contributed by atoms with van der Waals surface area (Å²) in [5, 5.41) is 0.0888. The number of benzene rings is 1. The summed E-state index contributed by atoms with van der Waals surface area (Å²) in [6.07, 6.45) is -3.39. The number of Topliss-reactive ketones (excluding diaryl/α,β-unsaturated/α-hetero) is 1. The molecule has 2 nitrogen and oxygen atoms in total. The Balaban J connectivity index is 2.79. The molecular weight excluding hydrogens is 330 g/mol. The van der Waals surface area contributed by atoms with Crippen molar-refractivity contribution in [2.24, 2.45) is 7.05 Å². The van der Waals surface area contributed by atoms with Gasteiger partial charge in [0.2, 0.25) is 0 Å². The minimum Gasteiger partial charge on any atom is -0.350 e. The molecule has 0 saturated carbocycles. The second kappa shape index (κ2) is 4.63. The molecule has 0 radical (unpaired) electrons. The van der Waals surface area contributed by atoms with Crippen LogP contribution in [0.1, 0.15) is 15.9 Å². The van der Waals surface area contributed by atoms with Gasteiger partial charge in [0.05, 0.1) is 16.4 Å². The van der Waals surface area contributed by atoms with Gasteiger partial charge < -0.3 is 4.57 Å². The van der Waals surface area contributed by atoms with Gasteiger partial charge in [-0.05, 0) is 12.1 Å². The lowest BCUT2D eigenvalue weighted by Gasteiger charge is -2.08. The SMILES string of the molecule is Cn1cc(C(=O)CBr)c2cc(C(F)(F)F)c(F)cc21. The third kappa shape index (κ3) is 2.39. The number of hydrogen-bond donors (Lipinski definition) is 0. The van der Waals surface area contributed by atoms with E-state index in [0.29, 0.717) is 6.07 Å². The van der Waals surface area contributed by atoms with E-state index >= 15 is 0 Å². The molecule has 102 valence electrons. The van der Waals surface area contributed by atoms with Crippen molar-refractivity contribution < 1.29 is 22.4 Å². The molecule has 1 aromatic carbocycles. The van der Waals surface area contributed by atoms with Crippen molar-refractivity contribution in [3.63, 3.8) is 0 Å². The molecule has 1 aromatic heterocycles. The van der Waals surface area contributed by atoms with Crippen molar-refractivity contribution in [3.05, 3.63) is 35.3 Å². The monoisotopic (exact) mass is 337 g/mol. The number of carbonyl (C=O) groups is 1. The maximum absolute atomic E-state index is 13.5. The van der Waals surface area contributed by atoms with Crippen molar-refractivity contribution in [3.8, 4) is 0 Å². The number of ketones is 1. The molecule has 7 heteroatoms. The summed E-state index contributed by atoms with van der Waals surface area (Å²) in [5.74, 6) is -1.70. The van der Waals surface area contributed by atoms with Gasteiger partial charge in [-0.2, -0.15) is 13.2 Å². The van der Waals surface area contributed by atoms with E-state index in [9.17, 15) is 22.4 Å². The molecule has 0 aliphatic heterocycles. The van der Waals surface area contributed by atoms with Crippen LogP contribution in [0.25, 0.3) is 10.9 Å². The van der Waals surface area contributed by atoms with Crippen LogP contribution in [0.4, 0.5) is 17.6 Å². The standard InChI is InChI=1S/C12H8BrF4NO/c1-18-5-7(11(19)4-13)6-2-8(12(15,16)17)9(14)3-10(6)18/h2-3,5H,4H2,1H3. The molecule has 19 heavy (non-hydrogen) atoms. The molecule has 0 fully saturated rings. The van der Waals surface area contributed by atoms with E-state index in [2.05, 4.69) is 15.9 Å². The highest BCUT2D eigenvalue weighted by molar-refractivity contribution is 9.09. The molecule has 0 atom stereocenters. The fourth-order valence-electron chi connectivity index (χ4n) is 1.91. The largest absolute Gasteiger partial charge is 0.419 e. The van der Waals surface area contributed by atoms with Gasteiger partial charge in [0, 0.05) is 24.2 Å². The fourth-order valence-corrected chi connectivity index (χ4v) is 2.22. The van der Waals surface area contributed by atoms with E-state index in [1.165, 1.54) is 10.8 Å². The molecule has 0 aliphatic carbocycles. The van der Waals surface area contributed by atoms with E-state index in [4.69, 9.17) is 0 Å². The predicted molar refractivity (Wildman–Crippen MR) is 66.0 cm³/mol. The number of nitrogens with zero attached hydrogens (tertiary/aromatic N) is 1. The van der Waals surface area contributed by atoms with Crippen LogP contribution in [0.5, 0.6) is 0 Å². The lowest BCUT2D eigenvalue weighted by atomic mass is 10.1. The number of carbonyl (C=O) groups excluding carboxylic acids is 1. The average Bonchev–Trinajstić information content (AvgIpc) is 2.63. The van der Waals surface area contributed by atoms with Crippen molar-refractivity contribution in [2.75, 3.05) is 5.33 Å². The van der Waals surface area contributed by atoms with Gasteiger partial charge in [-0.15, -0.1) is 0 Å². The van der Waals surface area contributed by atoms with Crippen LogP contribution in [0.15, 0.2) is 18.3 Å². The number of alkyl halides is 4. The Bertz CT molecular complexity index is 660. The average molecular weight is 338 g/mol. The highest BCUT2D eigenvalue weighted by Gasteiger charge is 2.35. The number of hydrogen-bond acceptors (Lipinski definition) is 1. The molecule has 0 bridgehead atoms. The molecule has 1 heterocycles. The maximum Gasteiger partial charge on any atom is 0.419 e. The zero-order chi connectivity index (χ0) is 14.4. The van der Waals surface area contributed by atoms with Crippen molar-refractivity contribution in [2.45, 2.75) is 6.18 Å². The Kier molecular flexibility index (Phi) is 3.42. The smallest absolute Gasteiger partial charge is 0.350 e. The molecule has 0 spiro atoms. The topological polar surface area (TPSA) is 22.0 Å². The van der Waals surface area contributed by atoms with E-state index < -0.39 is 17.6 Å². The van der Waals surface area contributed by atoms with Crippen LogP contribution >= 0.6 is 15.9 Å². The van der Waals surface area contributed by atoms with Crippen LogP contribution in [-0.4, -0.2) is 15.7 Å². The number of aryl methyl sites for hydroxylation is 1. The number of fused-ring (bicyclic) bond motifs is 1. The summed E-state index contributed by atoms with van der Waals surface area (Å²) in [6.45, 7) is 0. The quantitative estimate of drug-likeness (QED) is 0.462. The summed E-state index contributed by atoms with van der Waals surface area (Å²) in [4.78, 5) is 11.7. The lowest BCUT2D eigenvalue weighted by molar-refractivity contribution is -0.139. The summed E-state index contributed by atoms with van der Waals surface area (Å²) < 4.78 is 52.9.